The molecule has 0 fully saturated rings. The molecule has 0 atom stereocenters. The average molecular weight is 1010 g/mol. The number of carbonyl (C=O) groups excluding carboxylic acids is 3. The SMILES string of the molecule is C=CC(=O)Oc1ccc(-n2c(-c3ccc(C#N)c(C#N)c3)nc3c2c2nc(-c4ccc(C#N)c(C#N)c4)n(-c4ccc(OC(=O)C=C)cc4)c2c2nc(-c4ccc(C#N)c(C#N)c4)n(-c4ccc(OC(=O)C=C)cc4)c32)cc1. The highest BCUT2D eigenvalue weighted by Gasteiger charge is 2.31. The largest absolute Gasteiger partial charge is 0.423 e. The van der Waals surface area contributed by atoms with E-state index in [2.05, 4.69) is 56.2 Å². The number of hydrogen-bond donors (Lipinski definition) is 0. The van der Waals surface area contributed by atoms with Crippen molar-refractivity contribution in [3.8, 4) is 105 Å². The second-order valence-electron chi connectivity index (χ2n) is 16.7. The van der Waals surface area contributed by atoms with Gasteiger partial charge in [-0.05, 0) is 127 Å². The fraction of sp³-hybridized carbons (Fsp3) is 0. The number of hydrogen-bond acceptors (Lipinski definition) is 15. The second kappa shape index (κ2) is 20.2. The van der Waals surface area contributed by atoms with Crippen LogP contribution in [0.4, 0.5) is 0 Å². The summed E-state index contributed by atoms with van der Waals surface area (Å²) in [5.74, 6) is -0.860. The zero-order chi connectivity index (χ0) is 54.8. The van der Waals surface area contributed by atoms with E-state index in [0.717, 1.165) is 18.2 Å². The summed E-state index contributed by atoms with van der Waals surface area (Å²) in [4.78, 5) is 53.4. The van der Waals surface area contributed by atoms with Crippen molar-refractivity contribution in [1.29, 1.82) is 31.6 Å². The molecule has 3 heterocycles. The lowest BCUT2D eigenvalue weighted by Crippen LogP contribution is -2.04. The molecular weight excluding hydrogens is 985 g/mol. The highest BCUT2D eigenvalue weighted by atomic mass is 16.5. The molecule has 366 valence electrons. The molecule has 3 aromatic heterocycles. The minimum Gasteiger partial charge on any atom is -0.423 e. The number of fused-ring (bicyclic) bond motifs is 6. The van der Waals surface area contributed by atoms with Gasteiger partial charge in [0.05, 0.1) is 33.4 Å². The molecule has 0 saturated heterocycles. The zero-order valence-electron chi connectivity index (χ0n) is 40.3. The number of nitrogens with zero attached hydrogens (tertiary/aromatic N) is 12. The van der Waals surface area contributed by atoms with E-state index in [-0.39, 0.29) is 84.7 Å². The van der Waals surface area contributed by atoms with Gasteiger partial charge in [0.2, 0.25) is 0 Å². The fourth-order valence-electron chi connectivity index (χ4n) is 8.83. The van der Waals surface area contributed by atoms with Crippen molar-refractivity contribution in [3.63, 3.8) is 0 Å². The Balaban J connectivity index is 1.46. The van der Waals surface area contributed by atoms with Crippen LogP contribution in [0.5, 0.6) is 17.2 Å². The first-order chi connectivity index (χ1) is 38.0. The van der Waals surface area contributed by atoms with Gasteiger partial charge in [-0.15, -0.1) is 0 Å². The molecule has 0 amide bonds. The highest BCUT2D eigenvalue weighted by Crippen LogP contribution is 2.45. The molecule has 0 N–H and O–H groups in total. The Morgan fingerprint density at radius 1 is 0.372 bits per heavy atom. The van der Waals surface area contributed by atoms with E-state index in [1.807, 2.05) is 0 Å². The van der Waals surface area contributed by atoms with Crippen LogP contribution < -0.4 is 14.2 Å². The summed E-state index contributed by atoms with van der Waals surface area (Å²) < 4.78 is 21.7. The topological polar surface area (TPSA) is 275 Å². The molecule has 10 aromatic rings. The summed E-state index contributed by atoms with van der Waals surface area (Å²) in [5, 5.41) is 61.0. The number of aromatic nitrogens is 6. The molecule has 0 aliphatic heterocycles. The van der Waals surface area contributed by atoms with Crippen LogP contribution in [0.2, 0.25) is 0 Å². The van der Waals surface area contributed by atoms with Crippen LogP contribution in [-0.2, 0) is 14.4 Å². The van der Waals surface area contributed by atoms with Gasteiger partial charge in [-0.3, -0.25) is 13.7 Å². The molecule has 10 rings (SSSR count). The number of nitriles is 6. The van der Waals surface area contributed by atoms with Crippen LogP contribution in [0.1, 0.15) is 33.4 Å². The van der Waals surface area contributed by atoms with Crippen LogP contribution in [0.15, 0.2) is 165 Å². The van der Waals surface area contributed by atoms with Crippen molar-refractivity contribution < 1.29 is 28.6 Å². The van der Waals surface area contributed by atoms with Crippen molar-refractivity contribution >= 4 is 51.0 Å². The van der Waals surface area contributed by atoms with Gasteiger partial charge in [-0.25, -0.2) is 29.3 Å². The standard InChI is InChI=1S/C60H30N12O6/c1-4-49(73)76-46-19-13-43(14-20-46)70-55-52(67-58(70)34-7-10-37(28-61)40(25-34)31-64)56-54(69-60(36-9-12-39(30-63)42(27-36)33-66)71(56)44-15-21-47(22-16-44)77-50(74)5-2)57-53(55)68-59(35-8-11-38(29-62)41(26-35)32-65)72(57)45-17-23-48(24-18-45)78-51(75)6-3/h4-27H,1-3H2. The van der Waals surface area contributed by atoms with Crippen LogP contribution >= 0.6 is 0 Å². The van der Waals surface area contributed by atoms with Gasteiger partial charge >= 0.3 is 17.9 Å². The van der Waals surface area contributed by atoms with E-state index < -0.39 is 17.9 Å². The van der Waals surface area contributed by atoms with Gasteiger partial charge < -0.3 is 14.2 Å². The lowest BCUT2D eigenvalue weighted by Gasteiger charge is -2.13. The van der Waals surface area contributed by atoms with Crippen molar-refractivity contribution in [1.82, 2.24) is 28.7 Å². The molecule has 0 spiro atoms. The van der Waals surface area contributed by atoms with Crippen LogP contribution in [0.25, 0.3) is 84.3 Å². The van der Waals surface area contributed by atoms with Gasteiger partial charge in [0.25, 0.3) is 0 Å². The van der Waals surface area contributed by atoms with Gasteiger partial charge in [0, 0.05) is 52.0 Å². The second-order valence-corrected chi connectivity index (χ2v) is 16.7. The zero-order valence-corrected chi connectivity index (χ0v) is 40.3. The lowest BCUT2D eigenvalue weighted by atomic mass is 10.1. The maximum absolute atomic E-state index is 12.4. The summed E-state index contributed by atoms with van der Waals surface area (Å²) in [6.45, 7) is 10.5. The first-order valence-corrected chi connectivity index (χ1v) is 23.1. The first kappa shape index (κ1) is 49.1. The van der Waals surface area contributed by atoms with E-state index in [1.165, 1.54) is 36.4 Å². The van der Waals surface area contributed by atoms with E-state index in [0.29, 0.717) is 50.3 Å². The molecule has 0 radical (unpaired) electrons. The summed E-state index contributed by atoms with van der Waals surface area (Å²) in [7, 11) is 0. The number of benzene rings is 7. The van der Waals surface area contributed by atoms with E-state index >= 15 is 0 Å². The normalized spacial score (nSPS) is 10.5. The highest BCUT2D eigenvalue weighted by molar-refractivity contribution is 6.22. The molecule has 78 heavy (non-hydrogen) atoms. The molecule has 7 aromatic carbocycles. The van der Waals surface area contributed by atoms with Gasteiger partial charge in [-0.1, -0.05) is 19.7 Å². The monoisotopic (exact) mass is 1010 g/mol. The third-order valence-corrected chi connectivity index (χ3v) is 12.3. The molecule has 0 aliphatic rings. The number of ether oxygens (including phenoxy) is 3. The molecule has 18 heteroatoms. The van der Waals surface area contributed by atoms with Gasteiger partial charge in [0.1, 0.15) is 104 Å². The Labute approximate surface area is 441 Å². The molecule has 0 bridgehead atoms. The first-order valence-electron chi connectivity index (χ1n) is 23.1. The third-order valence-electron chi connectivity index (χ3n) is 12.3. The Bertz CT molecular complexity index is 4050. The molecule has 0 unspecified atom stereocenters. The summed E-state index contributed by atoms with van der Waals surface area (Å²) in [5.41, 5.74) is 4.72. The van der Waals surface area contributed by atoms with Crippen molar-refractivity contribution in [2.75, 3.05) is 0 Å². The number of esters is 3. The fourth-order valence-corrected chi connectivity index (χ4v) is 8.83. The number of rotatable bonds is 12. The van der Waals surface area contributed by atoms with Crippen LogP contribution in [0.3, 0.4) is 0 Å². The molecular formula is C60H30N12O6. The summed E-state index contributed by atoms with van der Waals surface area (Å²) in [6.07, 6.45) is 3.07. The van der Waals surface area contributed by atoms with Crippen molar-refractivity contribution in [2.45, 2.75) is 0 Å². The quantitative estimate of drug-likeness (QED) is 0.0625. The maximum Gasteiger partial charge on any atom is 0.335 e. The number of carbonyl (C=O) groups is 3. The van der Waals surface area contributed by atoms with Gasteiger partial charge in [-0.2, -0.15) is 31.6 Å². The molecule has 18 nitrogen and oxygen atoms in total. The Kier molecular flexibility index (Phi) is 12.7. The maximum atomic E-state index is 12.4. The predicted octanol–water partition coefficient (Wildman–Crippen LogP) is 10.2. The lowest BCUT2D eigenvalue weighted by molar-refractivity contribution is -0.129. The average Bonchev–Trinajstić information content (AvgIpc) is 4.31. The summed E-state index contributed by atoms with van der Waals surface area (Å²) >= 11 is 0. The van der Waals surface area contributed by atoms with Crippen molar-refractivity contribution in [3.05, 3.63) is 199 Å². The minimum absolute atomic E-state index is 0.0529. The molecule has 0 aliphatic carbocycles. The van der Waals surface area contributed by atoms with Crippen LogP contribution in [0, 0.1) is 68.0 Å². The van der Waals surface area contributed by atoms with Gasteiger partial charge in [0.15, 0.2) is 0 Å². The van der Waals surface area contributed by atoms with Crippen molar-refractivity contribution in [2.24, 2.45) is 0 Å². The van der Waals surface area contributed by atoms with E-state index in [9.17, 15) is 46.0 Å². The Hall–Kier alpha value is -12.5. The smallest absolute Gasteiger partial charge is 0.335 e. The predicted molar refractivity (Wildman–Crippen MR) is 282 cm³/mol. The number of imidazole rings is 3. The molecule has 0 saturated carbocycles. The summed E-state index contributed by atoms with van der Waals surface area (Å²) in [6, 6.07) is 46.0. The minimum atomic E-state index is -0.699. The Morgan fingerprint density at radius 2 is 0.615 bits per heavy atom. The van der Waals surface area contributed by atoms with E-state index in [4.69, 9.17) is 29.2 Å². The Morgan fingerprint density at radius 3 is 0.833 bits per heavy atom. The van der Waals surface area contributed by atoms with Crippen LogP contribution in [-0.4, -0.2) is 46.6 Å². The third kappa shape index (κ3) is 8.54. The van der Waals surface area contributed by atoms with E-state index in [1.54, 1.807) is 105 Å².